The van der Waals surface area contributed by atoms with Gasteiger partial charge in [-0.05, 0) is 32.1 Å². The van der Waals surface area contributed by atoms with E-state index < -0.39 is 0 Å². The topological polar surface area (TPSA) is 71.8 Å². The van der Waals surface area contributed by atoms with E-state index in [4.69, 9.17) is 5.73 Å². The molecule has 0 aromatic carbocycles. The average molecular weight is 281 g/mol. The molecule has 0 bridgehead atoms. The summed E-state index contributed by atoms with van der Waals surface area (Å²) in [7, 11) is 0. The third-order valence-electron chi connectivity index (χ3n) is 3.76. The maximum absolute atomic E-state index is 11.5. The normalized spacial score (nSPS) is 27.4. The van der Waals surface area contributed by atoms with Crippen LogP contribution in [-0.4, -0.2) is 21.3 Å². The number of aryl methyl sites for hydroxylation is 1. The number of hydrogen-bond donors (Lipinski definition) is 2. The molecule has 1 heterocycles. The average Bonchev–Trinajstić information content (AvgIpc) is 2.32. The molecule has 0 aliphatic heterocycles. The first-order valence-corrected chi connectivity index (χ1v) is 7.96. The van der Waals surface area contributed by atoms with Gasteiger partial charge in [0, 0.05) is 23.1 Å². The standard InChI is InChI=1S/C14H23N3OS/c1-3-4-10-5-6-11(15)12(8-10)19-14-16-9(2)7-13(18)17-14/h7,10-12H,3-6,8,15H2,1-2H3,(H,16,17,18). The van der Waals surface area contributed by atoms with Crippen LogP contribution in [0.2, 0.25) is 0 Å². The number of rotatable bonds is 4. The lowest BCUT2D eigenvalue weighted by atomic mass is 9.83. The molecule has 0 spiro atoms. The molecule has 3 N–H and O–H groups in total. The van der Waals surface area contributed by atoms with Crippen molar-refractivity contribution < 1.29 is 0 Å². The third kappa shape index (κ3) is 4.08. The van der Waals surface area contributed by atoms with E-state index in [9.17, 15) is 4.79 Å². The molecular formula is C14H23N3OS. The molecule has 106 valence electrons. The van der Waals surface area contributed by atoms with Crippen LogP contribution in [0.5, 0.6) is 0 Å². The van der Waals surface area contributed by atoms with E-state index in [2.05, 4.69) is 16.9 Å². The lowest BCUT2D eigenvalue weighted by Crippen LogP contribution is -2.38. The Morgan fingerprint density at radius 3 is 3.00 bits per heavy atom. The first-order valence-electron chi connectivity index (χ1n) is 7.08. The Balaban J connectivity index is 2.05. The molecule has 1 aromatic heterocycles. The number of H-pyrrole nitrogens is 1. The zero-order valence-corrected chi connectivity index (χ0v) is 12.5. The largest absolute Gasteiger partial charge is 0.327 e. The van der Waals surface area contributed by atoms with E-state index in [-0.39, 0.29) is 11.6 Å². The predicted molar refractivity (Wildman–Crippen MR) is 79.5 cm³/mol. The number of thioether (sulfide) groups is 1. The molecule has 1 aliphatic rings. The number of nitrogens with two attached hydrogens (primary N) is 1. The SMILES string of the molecule is CCCC1CCC(N)C(Sc2nc(C)cc(=O)[nH]2)C1. The molecule has 4 nitrogen and oxygen atoms in total. The molecule has 1 fully saturated rings. The number of nitrogens with zero attached hydrogens (tertiary/aromatic N) is 1. The summed E-state index contributed by atoms with van der Waals surface area (Å²) in [5.74, 6) is 0.777. The van der Waals surface area contributed by atoms with Crippen LogP contribution in [0.4, 0.5) is 0 Å². The molecule has 0 radical (unpaired) electrons. The van der Waals surface area contributed by atoms with Gasteiger partial charge in [0.25, 0.3) is 5.56 Å². The van der Waals surface area contributed by atoms with Crippen LogP contribution < -0.4 is 11.3 Å². The number of hydrogen-bond acceptors (Lipinski definition) is 4. The van der Waals surface area contributed by atoms with Crippen LogP contribution in [0.15, 0.2) is 16.0 Å². The zero-order chi connectivity index (χ0) is 13.8. The molecular weight excluding hydrogens is 258 g/mol. The molecule has 19 heavy (non-hydrogen) atoms. The highest BCUT2D eigenvalue weighted by Gasteiger charge is 2.29. The van der Waals surface area contributed by atoms with E-state index >= 15 is 0 Å². The van der Waals surface area contributed by atoms with Crippen molar-refractivity contribution in [3.05, 3.63) is 22.1 Å². The van der Waals surface area contributed by atoms with Gasteiger partial charge in [-0.2, -0.15) is 0 Å². The van der Waals surface area contributed by atoms with Crippen LogP contribution in [0.3, 0.4) is 0 Å². The Labute approximate surface area is 118 Å². The Hall–Kier alpha value is -0.810. The minimum atomic E-state index is -0.0792. The lowest BCUT2D eigenvalue weighted by molar-refractivity contribution is 0.316. The Morgan fingerprint density at radius 1 is 1.53 bits per heavy atom. The van der Waals surface area contributed by atoms with Gasteiger partial charge >= 0.3 is 0 Å². The van der Waals surface area contributed by atoms with E-state index in [1.165, 1.54) is 25.3 Å². The van der Waals surface area contributed by atoms with Gasteiger partial charge in [0.15, 0.2) is 5.16 Å². The van der Waals surface area contributed by atoms with Crippen LogP contribution >= 0.6 is 11.8 Å². The second kappa shape index (κ2) is 6.57. The summed E-state index contributed by atoms with van der Waals surface area (Å²) in [6.07, 6.45) is 5.97. The van der Waals surface area contributed by atoms with Crippen molar-refractivity contribution in [3.8, 4) is 0 Å². The van der Waals surface area contributed by atoms with Crippen molar-refractivity contribution >= 4 is 11.8 Å². The molecule has 1 aromatic rings. The molecule has 5 heteroatoms. The summed E-state index contributed by atoms with van der Waals surface area (Å²) < 4.78 is 0. The van der Waals surface area contributed by atoms with Crippen LogP contribution in [-0.2, 0) is 0 Å². The minimum absolute atomic E-state index is 0.0792. The van der Waals surface area contributed by atoms with Gasteiger partial charge in [0.05, 0.1) is 0 Å². The number of aromatic nitrogens is 2. The number of nitrogens with one attached hydrogen (secondary N) is 1. The van der Waals surface area contributed by atoms with Crippen LogP contribution in [0, 0.1) is 12.8 Å². The van der Waals surface area contributed by atoms with Crippen molar-refractivity contribution in [2.45, 2.75) is 62.4 Å². The van der Waals surface area contributed by atoms with Crippen LogP contribution in [0.1, 0.15) is 44.7 Å². The highest BCUT2D eigenvalue weighted by molar-refractivity contribution is 7.99. The van der Waals surface area contributed by atoms with Crippen molar-refractivity contribution in [1.82, 2.24) is 9.97 Å². The molecule has 3 atom stereocenters. The summed E-state index contributed by atoms with van der Waals surface area (Å²) in [5, 5.41) is 1.08. The maximum Gasteiger partial charge on any atom is 0.251 e. The molecule has 0 saturated heterocycles. The van der Waals surface area contributed by atoms with Crippen LogP contribution in [0.25, 0.3) is 0 Å². The van der Waals surface area contributed by atoms with E-state index in [1.54, 1.807) is 11.8 Å². The van der Waals surface area contributed by atoms with Crippen molar-refractivity contribution in [3.63, 3.8) is 0 Å². The smallest absolute Gasteiger partial charge is 0.251 e. The Morgan fingerprint density at radius 2 is 2.32 bits per heavy atom. The van der Waals surface area contributed by atoms with E-state index in [1.807, 2.05) is 6.92 Å². The monoisotopic (exact) mass is 281 g/mol. The quantitative estimate of drug-likeness (QED) is 0.832. The molecule has 0 amide bonds. The first kappa shape index (κ1) is 14.6. The lowest BCUT2D eigenvalue weighted by Gasteiger charge is -2.33. The fourth-order valence-electron chi connectivity index (χ4n) is 2.79. The fourth-order valence-corrected chi connectivity index (χ4v) is 4.11. The van der Waals surface area contributed by atoms with Gasteiger partial charge in [0.2, 0.25) is 0 Å². The molecule has 1 aliphatic carbocycles. The fraction of sp³-hybridized carbons (Fsp3) is 0.714. The van der Waals surface area contributed by atoms with E-state index in [0.29, 0.717) is 10.4 Å². The molecule has 1 saturated carbocycles. The second-order valence-electron chi connectivity index (χ2n) is 5.48. The maximum atomic E-state index is 11.5. The summed E-state index contributed by atoms with van der Waals surface area (Å²) >= 11 is 1.64. The Bertz CT molecular complexity index is 474. The first-order chi connectivity index (χ1) is 9.08. The highest BCUT2D eigenvalue weighted by atomic mass is 32.2. The van der Waals surface area contributed by atoms with Crippen molar-refractivity contribution in [2.24, 2.45) is 11.7 Å². The van der Waals surface area contributed by atoms with Crippen molar-refractivity contribution in [2.75, 3.05) is 0 Å². The highest BCUT2D eigenvalue weighted by Crippen LogP contribution is 2.35. The van der Waals surface area contributed by atoms with Gasteiger partial charge < -0.3 is 10.7 Å². The summed E-state index contributed by atoms with van der Waals surface area (Å²) in [6, 6.07) is 1.73. The van der Waals surface area contributed by atoms with Gasteiger partial charge in [-0.1, -0.05) is 31.5 Å². The second-order valence-corrected chi connectivity index (χ2v) is 6.71. The zero-order valence-electron chi connectivity index (χ0n) is 11.7. The van der Waals surface area contributed by atoms with Gasteiger partial charge in [-0.25, -0.2) is 4.98 Å². The van der Waals surface area contributed by atoms with Gasteiger partial charge in [0.1, 0.15) is 0 Å². The predicted octanol–water partition coefficient (Wildman–Crippen LogP) is 2.47. The van der Waals surface area contributed by atoms with Gasteiger partial charge in [-0.3, -0.25) is 4.79 Å². The van der Waals surface area contributed by atoms with Gasteiger partial charge in [-0.15, -0.1) is 0 Å². The third-order valence-corrected chi connectivity index (χ3v) is 5.02. The minimum Gasteiger partial charge on any atom is -0.327 e. The molecule has 3 unspecified atom stereocenters. The van der Waals surface area contributed by atoms with E-state index in [0.717, 1.165) is 24.5 Å². The Kier molecular flexibility index (Phi) is 5.05. The summed E-state index contributed by atoms with van der Waals surface area (Å²) in [5.41, 5.74) is 6.91. The number of aromatic amines is 1. The van der Waals surface area contributed by atoms with Crippen molar-refractivity contribution in [1.29, 1.82) is 0 Å². The summed E-state index contributed by atoms with van der Waals surface area (Å²) in [4.78, 5) is 18.6. The summed E-state index contributed by atoms with van der Waals surface area (Å²) in [6.45, 7) is 4.08. The molecule has 2 rings (SSSR count).